The number of Topliss-reactive ketones (excluding diaryl/α,β-unsaturated/α-hetero) is 1. The third-order valence-corrected chi connectivity index (χ3v) is 4.38. The number of alkyl halides is 3. The second kappa shape index (κ2) is 8.72. The van der Waals surface area contributed by atoms with Crippen molar-refractivity contribution in [2.45, 2.75) is 19.6 Å². The molecule has 13 heteroatoms. The second-order valence-electron chi connectivity index (χ2n) is 6.53. The van der Waals surface area contributed by atoms with E-state index in [0.29, 0.717) is 6.33 Å². The van der Waals surface area contributed by atoms with E-state index in [1.165, 1.54) is 12.1 Å². The van der Waals surface area contributed by atoms with Crippen molar-refractivity contribution in [2.75, 3.05) is 0 Å². The summed E-state index contributed by atoms with van der Waals surface area (Å²) in [6.07, 6.45) is -3.23. The van der Waals surface area contributed by atoms with Crippen LogP contribution in [0.4, 0.5) is 13.2 Å². The SMILES string of the molecule is CC(=O)C1C=C(Cn2cnc(C(F)(F)F)c(Oc3cc(Cl)cc(C#N)c3)c2=O)N=NC1=O. The molecule has 0 saturated heterocycles. The molecule has 1 aliphatic heterocycles. The Labute approximate surface area is 182 Å². The predicted molar refractivity (Wildman–Crippen MR) is 102 cm³/mol. The van der Waals surface area contributed by atoms with Crippen LogP contribution in [0.5, 0.6) is 11.5 Å². The summed E-state index contributed by atoms with van der Waals surface area (Å²) in [6, 6.07) is 5.25. The minimum atomic E-state index is -5.03. The summed E-state index contributed by atoms with van der Waals surface area (Å²) in [4.78, 5) is 39.2. The Bertz CT molecular complexity index is 1280. The highest BCUT2D eigenvalue weighted by atomic mass is 35.5. The van der Waals surface area contributed by atoms with Crippen LogP contribution in [-0.4, -0.2) is 21.2 Å². The van der Waals surface area contributed by atoms with Gasteiger partial charge in [0.15, 0.2) is 5.69 Å². The average molecular weight is 466 g/mol. The molecule has 1 aromatic heterocycles. The van der Waals surface area contributed by atoms with Crippen LogP contribution in [0.1, 0.15) is 18.2 Å². The summed E-state index contributed by atoms with van der Waals surface area (Å²) in [5.41, 5.74) is -2.82. The molecule has 0 saturated carbocycles. The van der Waals surface area contributed by atoms with Crippen molar-refractivity contribution in [1.29, 1.82) is 5.26 Å². The largest absolute Gasteiger partial charge is 0.449 e. The van der Waals surface area contributed by atoms with Gasteiger partial charge in [0.05, 0.1) is 30.2 Å². The molecule has 0 spiro atoms. The monoisotopic (exact) mass is 465 g/mol. The number of aromatic nitrogens is 2. The number of nitrogens with zero attached hydrogens (tertiary/aromatic N) is 5. The van der Waals surface area contributed by atoms with Gasteiger partial charge in [-0.05, 0) is 31.2 Å². The van der Waals surface area contributed by atoms with Gasteiger partial charge in [0.25, 0.3) is 11.5 Å². The van der Waals surface area contributed by atoms with E-state index < -0.39 is 47.3 Å². The first-order chi connectivity index (χ1) is 15.0. The number of halogens is 4. The first kappa shape index (κ1) is 22.8. The van der Waals surface area contributed by atoms with Crippen molar-refractivity contribution < 1.29 is 27.5 Å². The highest BCUT2D eigenvalue weighted by molar-refractivity contribution is 6.30. The number of rotatable bonds is 5. The molecule has 1 unspecified atom stereocenters. The van der Waals surface area contributed by atoms with Crippen molar-refractivity contribution in [2.24, 2.45) is 16.1 Å². The van der Waals surface area contributed by atoms with Gasteiger partial charge in [-0.25, -0.2) is 4.98 Å². The highest BCUT2D eigenvalue weighted by Gasteiger charge is 2.39. The lowest BCUT2D eigenvalue weighted by Gasteiger charge is -2.16. The molecule has 1 aromatic carbocycles. The lowest BCUT2D eigenvalue weighted by molar-refractivity contribution is -0.142. The lowest BCUT2D eigenvalue weighted by atomic mass is 10.0. The average Bonchev–Trinajstić information content (AvgIpc) is 2.70. The number of allylic oxidation sites excluding steroid dienone is 1. The molecule has 3 rings (SSSR count). The Kier molecular flexibility index (Phi) is 6.22. The van der Waals surface area contributed by atoms with Crippen LogP contribution in [0.3, 0.4) is 0 Å². The zero-order valence-electron chi connectivity index (χ0n) is 16.1. The number of amides is 1. The number of ketones is 1. The Balaban J connectivity index is 2.05. The maximum Gasteiger partial charge on any atom is 0.437 e. The molecular formula is C19H11ClF3N5O4. The molecule has 9 nitrogen and oxygen atoms in total. The Morgan fingerprint density at radius 3 is 2.62 bits per heavy atom. The molecule has 0 radical (unpaired) electrons. The number of ether oxygens (including phenoxy) is 1. The Hall–Kier alpha value is -3.85. The van der Waals surface area contributed by atoms with Crippen LogP contribution in [0, 0.1) is 17.2 Å². The van der Waals surface area contributed by atoms with Crippen molar-refractivity contribution in [3.63, 3.8) is 0 Å². The molecule has 164 valence electrons. The summed E-state index contributed by atoms with van der Waals surface area (Å²) >= 11 is 5.84. The zero-order chi connectivity index (χ0) is 23.6. The fraction of sp³-hybridized carbons (Fsp3) is 0.211. The van der Waals surface area contributed by atoms with Crippen LogP contribution >= 0.6 is 11.6 Å². The van der Waals surface area contributed by atoms with Crippen LogP contribution in [0.25, 0.3) is 0 Å². The van der Waals surface area contributed by atoms with Crippen LogP contribution in [-0.2, 0) is 22.3 Å². The maximum absolute atomic E-state index is 13.4. The molecule has 2 heterocycles. The summed E-state index contributed by atoms with van der Waals surface area (Å²) < 4.78 is 46.2. The lowest BCUT2D eigenvalue weighted by Crippen LogP contribution is -2.28. The van der Waals surface area contributed by atoms with Gasteiger partial charge in [0.1, 0.15) is 17.5 Å². The van der Waals surface area contributed by atoms with Crippen LogP contribution < -0.4 is 10.3 Å². The van der Waals surface area contributed by atoms with Gasteiger partial charge in [-0.3, -0.25) is 19.0 Å². The van der Waals surface area contributed by atoms with E-state index in [0.717, 1.165) is 23.6 Å². The van der Waals surface area contributed by atoms with Crippen LogP contribution in [0.15, 0.2) is 51.3 Å². The minimum absolute atomic E-state index is 0.00186. The van der Waals surface area contributed by atoms with E-state index in [-0.39, 0.29) is 22.0 Å². The molecule has 1 amide bonds. The van der Waals surface area contributed by atoms with Crippen molar-refractivity contribution in [3.8, 4) is 17.6 Å². The predicted octanol–water partition coefficient (Wildman–Crippen LogP) is 3.66. The number of carbonyl (C=O) groups excluding carboxylic acids is 2. The van der Waals surface area contributed by atoms with E-state index >= 15 is 0 Å². The molecule has 1 aliphatic rings. The van der Waals surface area contributed by atoms with Crippen molar-refractivity contribution >= 4 is 23.3 Å². The molecule has 0 aliphatic carbocycles. The topological polar surface area (TPSA) is 127 Å². The minimum Gasteiger partial charge on any atom is -0.449 e. The summed E-state index contributed by atoms with van der Waals surface area (Å²) in [5.74, 6) is -3.94. The number of azo groups is 1. The fourth-order valence-corrected chi connectivity index (χ4v) is 2.93. The van der Waals surface area contributed by atoms with Gasteiger partial charge in [-0.1, -0.05) is 11.6 Å². The first-order valence-corrected chi connectivity index (χ1v) is 9.09. The fourth-order valence-electron chi connectivity index (χ4n) is 2.70. The smallest absolute Gasteiger partial charge is 0.437 e. The molecule has 32 heavy (non-hydrogen) atoms. The number of benzene rings is 1. The van der Waals surface area contributed by atoms with E-state index in [1.54, 1.807) is 6.07 Å². The van der Waals surface area contributed by atoms with Gasteiger partial charge in [0.2, 0.25) is 5.75 Å². The van der Waals surface area contributed by atoms with Gasteiger partial charge in [0, 0.05) is 5.02 Å². The van der Waals surface area contributed by atoms with Gasteiger partial charge in [-0.2, -0.15) is 23.5 Å². The number of hydrogen-bond acceptors (Lipinski definition) is 7. The highest BCUT2D eigenvalue weighted by Crippen LogP contribution is 2.35. The quantitative estimate of drug-likeness (QED) is 0.620. The maximum atomic E-state index is 13.4. The Morgan fingerprint density at radius 1 is 1.28 bits per heavy atom. The first-order valence-electron chi connectivity index (χ1n) is 8.71. The molecule has 0 N–H and O–H groups in total. The summed E-state index contributed by atoms with van der Waals surface area (Å²) in [5, 5.41) is 15.9. The van der Waals surface area contributed by atoms with Gasteiger partial charge < -0.3 is 4.74 Å². The molecule has 0 fully saturated rings. The number of nitriles is 1. The van der Waals surface area contributed by atoms with Crippen LogP contribution in [0.2, 0.25) is 5.02 Å². The Morgan fingerprint density at radius 2 is 2.00 bits per heavy atom. The normalized spacial score (nSPS) is 15.8. The molecular weight excluding hydrogens is 455 g/mol. The molecule has 2 aromatic rings. The van der Waals surface area contributed by atoms with Crippen molar-refractivity contribution in [3.05, 3.63) is 62.9 Å². The summed E-state index contributed by atoms with van der Waals surface area (Å²) in [6.45, 7) is 0.732. The standard InChI is InChI=1S/C19H11ClF3N5O4/c1-9(29)14-5-12(26-27-17(14)30)7-28-8-25-16(19(21,22)23)15(18(28)31)32-13-3-10(6-24)2-11(20)4-13/h2-5,8,14H,7H2,1H3. The summed E-state index contributed by atoms with van der Waals surface area (Å²) in [7, 11) is 0. The number of hydrogen-bond donors (Lipinski definition) is 0. The van der Waals surface area contributed by atoms with Gasteiger partial charge in [-0.15, -0.1) is 5.11 Å². The van der Waals surface area contributed by atoms with E-state index in [4.69, 9.17) is 21.6 Å². The number of carbonyl (C=O) groups is 2. The van der Waals surface area contributed by atoms with E-state index in [1.807, 2.05) is 0 Å². The second-order valence-corrected chi connectivity index (χ2v) is 6.96. The molecule has 1 atom stereocenters. The zero-order valence-corrected chi connectivity index (χ0v) is 16.8. The third-order valence-electron chi connectivity index (χ3n) is 4.16. The van der Waals surface area contributed by atoms with Gasteiger partial charge >= 0.3 is 6.18 Å². The third kappa shape index (κ3) is 4.89. The molecule has 0 bridgehead atoms. The van der Waals surface area contributed by atoms with Crippen molar-refractivity contribution in [1.82, 2.24) is 9.55 Å². The van der Waals surface area contributed by atoms with E-state index in [2.05, 4.69) is 15.2 Å². The van der Waals surface area contributed by atoms with E-state index in [9.17, 15) is 27.6 Å².